The first-order valence-electron chi connectivity index (χ1n) is 5.84. The highest BCUT2D eigenvalue weighted by atomic mass is 79.9. The van der Waals surface area contributed by atoms with Gasteiger partial charge in [-0.25, -0.2) is 4.52 Å². The van der Waals surface area contributed by atoms with Gasteiger partial charge in [0.25, 0.3) is 0 Å². The van der Waals surface area contributed by atoms with Crippen molar-refractivity contribution in [2.75, 3.05) is 5.32 Å². The summed E-state index contributed by atoms with van der Waals surface area (Å²) in [5, 5.41) is 8.39. The van der Waals surface area contributed by atoms with E-state index in [1.54, 1.807) is 0 Å². The Hall–Kier alpha value is -1.52. The van der Waals surface area contributed by atoms with E-state index in [1.807, 2.05) is 47.2 Å². The summed E-state index contributed by atoms with van der Waals surface area (Å²) in [5.74, 6) is 0. The molecule has 0 amide bonds. The lowest BCUT2D eigenvalue weighted by Crippen LogP contribution is -1.99. The molecule has 0 fully saturated rings. The minimum Gasteiger partial charge on any atom is -0.380 e. The Morgan fingerprint density at radius 2 is 2.16 bits per heavy atom. The van der Waals surface area contributed by atoms with Gasteiger partial charge in [0.05, 0.1) is 17.4 Å². The standard InChI is InChI=1S/C14H11BrClN3/c15-12-5-4-11(16)7-13(12)17-8-10-9-18-19-6-2-1-3-14(10)19/h1-7,9,17H,8H2. The number of hydrogen-bond donors (Lipinski definition) is 1. The second kappa shape index (κ2) is 5.23. The van der Waals surface area contributed by atoms with Gasteiger partial charge in [0.1, 0.15) is 0 Å². The van der Waals surface area contributed by atoms with E-state index in [2.05, 4.69) is 32.4 Å². The zero-order chi connectivity index (χ0) is 13.2. The lowest BCUT2D eigenvalue weighted by atomic mass is 10.2. The first-order valence-corrected chi connectivity index (χ1v) is 7.01. The van der Waals surface area contributed by atoms with Gasteiger partial charge in [-0.15, -0.1) is 0 Å². The van der Waals surface area contributed by atoms with Gasteiger partial charge in [-0.05, 0) is 46.3 Å². The molecule has 2 aromatic heterocycles. The van der Waals surface area contributed by atoms with E-state index in [1.165, 1.54) is 0 Å². The molecule has 1 N–H and O–H groups in total. The van der Waals surface area contributed by atoms with Gasteiger partial charge in [-0.2, -0.15) is 5.10 Å². The van der Waals surface area contributed by atoms with Gasteiger partial charge in [0, 0.05) is 27.8 Å². The van der Waals surface area contributed by atoms with Crippen molar-refractivity contribution in [3.05, 3.63) is 63.9 Å². The third kappa shape index (κ3) is 2.60. The molecule has 0 bridgehead atoms. The summed E-state index contributed by atoms with van der Waals surface area (Å²) < 4.78 is 2.86. The zero-order valence-electron chi connectivity index (χ0n) is 9.98. The normalized spacial score (nSPS) is 10.8. The molecule has 0 unspecified atom stereocenters. The van der Waals surface area contributed by atoms with Crippen LogP contribution in [0.25, 0.3) is 5.52 Å². The average molecular weight is 337 g/mol. The fourth-order valence-corrected chi connectivity index (χ4v) is 2.51. The van der Waals surface area contributed by atoms with Crippen LogP contribution in [0, 0.1) is 0 Å². The molecular formula is C14H11BrClN3. The molecule has 1 aromatic carbocycles. The van der Waals surface area contributed by atoms with Crippen molar-refractivity contribution >= 4 is 38.7 Å². The number of fused-ring (bicyclic) bond motifs is 1. The maximum atomic E-state index is 6.00. The summed E-state index contributed by atoms with van der Waals surface area (Å²) in [6.45, 7) is 0.701. The molecular weight excluding hydrogens is 326 g/mol. The quantitative estimate of drug-likeness (QED) is 0.770. The largest absolute Gasteiger partial charge is 0.380 e. The van der Waals surface area contributed by atoms with Crippen LogP contribution in [0.5, 0.6) is 0 Å². The molecule has 3 rings (SSSR count). The molecule has 3 aromatic rings. The third-order valence-corrected chi connectivity index (χ3v) is 3.83. The summed E-state index contributed by atoms with van der Waals surface area (Å²) in [6.07, 6.45) is 3.81. The van der Waals surface area contributed by atoms with Crippen LogP contribution >= 0.6 is 27.5 Å². The van der Waals surface area contributed by atoms with E-state index < -0.39 is 0 Å². The van der Waals surface area contributed by atoms with E-state index in [0.29, 0.717) is 11.6 Å². The minimum absolute atomic E-state index is 0.701. The summed E-state index contributed by atoms with van der Waals surface area (Å²) in [5.41, 5.74) is 3.23. The second-order valence-electron chi connectivity index (χ2n) is 4.18. The van der Waals surface area contributed by atoms with Crippen LogP contribution in [-0.2, 0) is 6.54 Å². The predicted molar refractivity (Wildman–Crippen MR) is 81.7 cm³/mol. The maximum Gasteiger partial charge on any atom is 0.0711 e. The number of benzene rings is 1. The molecule has 19 heavy (non-hydrogen) atoms. The topological polar surface area (TPSA) is 29.3 Å². The molecule has 96 valence electrons. The smallest absolute Gasteiger partial charge is 0.0711 e. The lowest BCUT2D eigenvalue weighted by Gasteiger charge is -2.08. The molecule has 0 radical (unpaired) electrons. The zero-order valence-corrected chi connectivity index (χ0v) is 12.3. The lowest BCUT2D eigenvalue weighted by molar-refractivity contribution is 0.961. The Morgan fingerprint density at radius 1 is 1.26 bits per heavy atom. The second-order valence-corrected chi connectivity index (χ2v) is 5.47. The Labute approximate surface area is 124 Å². The van der Waals surface area contributed by atoms with Crippen LogP contribution < -0.4 is 5.32 Å². The van der Waals surface area contributed by atoms with E-state index in [-0.39, 0.29) is 0 Å². The molecule has 0 aliphatic heterocycles. The van der Waals surface area contributed by atoms with Crippen molar-refractivity contribution in [3.8, 4) is 0 Å². The van der Waals surface area contributed by atoms with Crippen LogP contribution in [-0.4, -0.2) is 9.61 Å². The van der Waals surface area contributed by atoms with Gasteiger partial charge in [-0.1, -0.05) is 17.7 Å². The van der Waals surface area contributed by atoms with E-state index in [0.717, 1.165) is 21.2 Å². The highest BCUT2D eigenvalue weighted by Crippen LogP contribution is 2.26. The number of nitrogens with zero attached hydrogens (tertiary/aromatic N) is 2. The molecule has 0 spiro atoms. The van der Waals surface area contributed by atoms with E-state index >= 15 is 0 Å². The maximum absolute atomic E-state index is 6.00. The fraction of sp³-hybridized carbons (Fsp3) is 0.0714. The highest BCUT2D eigenvalue weighted by molar-refractivity contribution is 9.10. The van der Waals surface area contributed by atoms with Crippen molar-refractivity contribution in [2.24, 2.45) is 0 Å². The van der Waals surface area contributed by atoms with Gasteiger partial charge >= 0.3 is 0 Å². The molecule has 0 atom stereocenters. The van der Waals surface area contributed by atoms with Crippen molar-refractivity contribution in [1.29, 1.82) is 0 Å². The number of nitrogens with one attached hydrogen (secondary N) is 1. The van der Waals surface area contributed by atoms with Gasteiger partial charge < -0.3 is 5.32 Å². The van der Waals surface area contributed by atoms with Crippen LogP contribution in [0.4, 0.5) is 5.69 Å². The number of anilines is 1. The molecule has 3 nitrogen and oxygen atoms in total. The monoisotopic (exact) mass is 335 g/mol. The van der Waals surface area contributed by atoms with E-state index in [4.69, 9.17) is 11.6 Å². The SMILES string of the molecule is Clc1ccc(Br)c(NCc2cnn3ccccc23)c1. The first-order chi connectivity index (χ1) is 9.24. The number of rotatable bonds is 3. The summed E-state index contributed by atoms with van der Waals surface area (Å²) in [6, 6.07) is 11.7. The molecule has 0 aliphatic carbocycles. The van der Waals surface area contributed by atoms with Gasteiger partial charge in [0.15, 0.2) is 0 Å². The Balaban J connectivity index is 1.84. The van der Waals surface area contributed by atoms with Crippen LogP contribution in [0.15, 0.2) is 53.3 Å². The fourth-order valence-electron chi connectivity index (χ4n) is 1.95. The number of aromatic nitrogens is 2. The average Bonchev–Trinajstić information content (AvgIpc) is 2.83. The van der Waals surface area contributed by atoms with E-state index in [9.17, 15) is 0 Å². The molecule has 0 saturated carbocycles. The van der Waals surface area contributed by atoms with Crippen LogP contribution in [0.3, 0.4) is 0 Å². The highest BCUT2D eigenvalue weighted by Gasteiger charge is 2.05. The minimum atomic E-state index is 0.701. The first kappa shape index (κ1) is 12.5. The molecule has 2 heterocycles. The van der Waals surface area contributed by atoms with Crippen LogP contribution in [0.2, 0.25) is 5.02 Å². The predicted octanol–water partition coefficient (Wildman–Crippen LogP) is 4.36. The molecule has 0 aliphatic rings. The van der Waals surface area contributed by atoms with Gasteiger partial charge in [-0.3, -0.25) is 0 Å². The van der Waals surface area contributed by atoms with Crippen molar-refractivity contribution in [1.82, 2.24) is 9.61 Å². The Bertz CT molecular complexity index is 724. The van der Waals surface area contributed by atoms with Crippen molar-refractivity contribution in [3.63, 3.8) is 0 Å². The third-order valence-electron chi connectivity index (χ3n) is 2.90. The molecule has 5 heteroatoms. The number of pyridine rings is 1. The molecule has 0 saturated heterocycles. The summed E-state index contributed by atoms with van der Waals surface area (Å²) in [4.78, 5) is 0. The van der Waals surface area contributed by atoms with Crippen molar-refractivity contribution < 1.29 is 0 Å². The number of halogens is 2. The van der Waals surface area contributed by atoms with Crippen LogP contribution in [0.1, 0.15) is 5.56 Å². The van der Waals surface area contributed by atoms with Gasteiger partial charge in [0.2, 0.25) is 0 Å². The Kier molecular flexibility index (Phi) is 3.44. The summed E-state index contributed by atoms with van der Waals surface area (Å²) in [7, 11) is 0. The summed E-state index contributed by atoms with van der Waals surface area (Å²) >= 11 is 9.50. The number of hydrogen-bond acceptors (Lipinski definition) is 2. The van der Waals surface area contributed by atoms with Crippen molar-refractivity contribution in [2.45, 2.75) is 6.54 Å². The Morgan fingerprint density at radius 3 is 3.05 bits per heavy atom.